The summed E-state index contributed by atoms with van der Waals surface area (Å²) in [6, 6.07) is 3.78. The molecule has 0 saturated heterocycles. The Kier molecular flexibility index (Phi) is 16.3. The van der Waals surface area contributed by atoms with Gasteiger partial charge in [-0.1, -0.05) is 77.2 Å². The van der Waals surface area contributed by atoms with E-state index < -0.39 is 0 Å². The van der Waals surface area contributed by atoms with Gasteiger partial charge in [-0.15, -0.1) is 0 Å². The lowest BCUT2D eigenvalue weighted by atomic mass is 10.0. The fourth-order valence-corrected chi connectivity index (χ4v) is 3.80. The van der Waals surface area contributed by atoms with Gasteiger partial charge in [-0.3, -0.25) is 9.78 Å². The van der Waals surface area contributed by atoms with E-state index in [4.69, 9.17) is 4.74 Å². The first-order chi connectivity index (χ1) is 13.3. The van der Waals surface area contributed by atoms with Crippen molar-refractivity contribution < 1.29 is 9.53 Å². The summed E-state index contributed by atoms with van der Waals surface area (Å²) in [6.45, 7) is 2.58. The Hall–Kier alpha value is -1.03. The van der Waals surface area contributed by atoms with Gasteiger partial charge >= 0.3 is 5.97 Å². The molecule has 0 aliphatic rings. The van der Waals surface area contributed by atoms with Crippen LogP contribution < -0.4 is 0 Å². The summed E-state index contributed by atoms with van der Waals surface area (Å²) < 4.78 is 5.27. The first-order valence-corrected chi connectivity index (χ1v) is 12.1. The first-order valence-electron chi connectivity index (χ1n) is 10.9. The number of nitrogens with zero attached hydrogens (tertiary/aromatic N) is 1. The predicted octanol–water partition coefficient (Wildman–Crippen LogP) is 6.95. The normalized spacial score (nSPS) is 10.9. The summed E-state index contributed by atoms with van der Waals surface area (Å²) >= 11 is 2.07. The Morgan fingerprint density at radius 3 is 2.07 bits per heavy atom. The van der Waals surface area contributed by atoms with Gasteiger partial charge in [-0.25, -0.2) is 0 Å². The second kappa shape index (κ2) is 18.3. The SMILES string of the molecule is CCSCCCCCCCCCCCCCCC(=O)OCc1cccnc1. The van der Waals surface area contributed by atoms with Gasteiger partial charge in [0.1, 0.15) is 6.61 Å². The smallest absolute Gasteiger partial charge is 0.306 e. The van der Waals surface area contributed by atoms with Crippen LogP contribution in [0.3, 0.4) is 0 Å². The zero-order valence-electron chi connectivity index (χ0n) is 17.3. The first kappa shape index (κ1) is 24.0. The summed E-state index contributed by atoms with van der Waals surface area (Å²) in [6.07, 6.45) is 19.8. The van der Waals surface area contributed by atoms with Crippen molar-refractivity contribution in [1.82, 2.24) is 4.98 Å². The van der Waals surface area contributed by atoms with Gasteiger partial charge in [-0.2, -0.15) is 11.8 Å². The number of esters is 1. The van der Waals surface area contributed by atoms with Crippen LogP contribution in [-0.4, -0.2) is 22.5 Å². The van der Waals surface area contributed by atoms with Crippen LogP contribution in [-0.2, 0) is 16.1 Å². The molecule has 0 amide bonds. The molecule has 1 heterocycles. The molecule has 0 bridgehead atoms. The minimum atomic E-state index is -0.0906. The lowest BCUT2D eigenvalue weighted by molar-refractivity contribution is -0.145. The molecule has 154 valence electrons. The highest BCUT2D eigenvalue weighted by atomic mass is 32.2. The number of carbonyl (C=O) groups excluding carboxylic acids is 1. The number of ether oxygens (including phenoxy) is 1. The molecule has 0 saturated carbocycles. The molecule has 0 aliphatic heterocycles. The van der Waals surface area contributed by atoms with E-state index in [1.807, 2.05) is 12.1 Å². The summed E-state index contributed by atoms with van der Waals surface area (Å²) in [5, 5.41) is 0. The molecule has 1 aromatic heterocycles. The lowest BCUT2D eigenvalue weighted by Gasteiger charge is -2.05. The van der Waals surface area contributed by atoms with Crippen molar-refractivity contribution in [3.05, 3.63) is 30.1 Å². The molecule has 3 nitrogen and oxygen atoms in total. The highest BCUT2D eigenvalue weighted by Crippen LogP contribution is 2.13. The number of pyridine rings is 1. The molecule has 0 spiro atoms. The topological polar surface area (TPSA) is 39.2 Å². The summed E-state index contributed by atoms with van der Waals surface area (Å²) in [7, 11) is 0. The molecule has 0 N–H and O–H groups in total. The van der Waals surface area contributed by atoms with E-state index in [9.17, 15) is 4.79 Å². The van der Waals surface area contributed by atoms with E-state index in [1.54, 1.807) is 12.4 Å². The number of carbonyl (C=O) groups is 1. The Morgan fingerprint density at radius 1 is 0.926 bits per heavy atom. The molecular formula is C23H39NO2S. The zero-order chi connectivity index (χ0) is 19.4. The third-order valence-corrected chi connectivity index (χ3v) is 5.73. The maximum atomic E-state index is 11.7. The van der Waals surface area contributed by atoms with Crippen molar-refractivity contribution in [3.8, 4) is 0 Å². The number of thioether (sulfide) groups is 1. The van der Waals surface area contributed by atoms with Crippen LogP contribution in [0, 0.1) is 0 Å². The Bertz CT molecular complexity index is 453. The Morgan fingerprint density at radius 2 is 1.52 bits per heavy atom. The molecule has 0 aromatic carbocycles. The summed E-state index contributed by atoms with van der Waals surface area (Å²) in [4.78, 5) is 15.7. The predicted molar refractivity (Wildman–Crippen MR) is 117 cm³/mol. The summed E-state index contributed by atoms with van der Waals surface area (Å²) in [5.74, 6) is 2.52. The van der Waals surface area contributed by atoms with Crippen molar-refractivity contribution in [2.75, 3.05) is 11.5 Å². The second-order valence-corrected chi connectivity index (χ2v) is 8.61. The van der Waals surface area contributed by atoms with E-state index in [1.165, 1.54) is 75.7 Å². The van der Waals surface area contributed by atoms with Crippen LogP contribution in [0.25, 0.3) is 0 Å². The highest BCUT2D eigenvalue weighted by molar-refractivity contribution is 7.99. The Labute approximate surface area is 171 Å². The molecule has 0 radical (unpaired) electrons. The van der Waals surface area contributed by atoms with E-state index in [2.05, 4.69) is 23.7 Å². The lowest BCUT2D eigenvalue weighted by Crippen LogP contribution is -2.04. The molecule has 0 aliphatic carbocycles. The van der Waals surface area contributed by atoms with Gasteiger partial charge in [-0.05, 0) is 30.4 Å². The average Bonchev–Trinajstić information content (AvgIpc) is 2.70. The summed E-state index contributed by atoms with van der Waals surface area (Å²) in [5.41, 5.74) is 0.946. The molecule has 27 heavy (non-hydrogen) atoms. The van der Waals surface area contributed by atoms with Crippen LogP contribution in [0.2, 0.25) is 0 Å². The van der Waals surface area contributed by atoms with Crippen LogP contribution in [0.5, 0.6) is 0 Å². The number of unbranched alkanes of at least 4 members (excludes halogenated alkanes) is 11. The minimum Gasteiger partial charge on any atom is -0.461 e. The number of aromatic nitrogens is 1. The van der Waals surface area contributed by atoms with E-state index >= 15 is 0 Å². The maximum Gasteiger partial charge on any atom is 0.306 e. The van der Waals surface area contributed by atoms with Gasteiger partial charge in [0.25, 0.3) is 0 Å². The molecule has 0 fully saturated rings. The van der Waals surface area contributed by atoms with Crippen LogP contribution >= 0.6 is 11.8 Å². The van der Waals surface area contributed by atoms with E-state index in [0.717, 1.165) is 18.4 Å². The van der Waals surface area contributed by atoms with Crippen molar-refractivity contribution in [2.45, 2.75) is 97.0 Å². The fraction of sp³-hybridized carbons (Fsp3) is 0.739. The molecule has 1 aromatic rings. The van der Waals surface area contributed by atoms with Gasteiger partial charge in [0.15, 0.2) is 0 Å². The van der Waals surface area contributed by atoms with E-state index in [-0.39, 0.29) is 5.97 Å². The monoisotopic (exact) mass is 393 g/mol. The second-order valence-electron chi connectivity index (χ2n) is 7.21. The highest BCUT2D eigenvalue weighted by Gasteiger charge is 2.03. The van der Waals surface area contributed by atoms with Crippen LogP contribution in [0.4, 0.5) is 0 Å². The van der Waals surface area contributed by atoms with E-state index in [0.29, 0.717) is 13.0 Å². The standard InChI is InChI=1S/C23H39NO2S/c1-2-27-19-14-12-10-8-6-4-3-5-7-9-11-13-17-23(25)26-21-22-16-15-18-24-20-22/h15-16,18,20H,2-14,17,19,21H2,1H3. The van der Waals surface area contributed by atoms with Gasteiger partial charge < -0.3 is 4.74 Å². The maximum absolute atomic E-state index is 11.7. The zero-order valence-corrected chi connectivity index (χ0v) is 18.1. The van der Waals surface area contributed by atoms with Crippen molar-refractivity contribution >= 4 is 17.7 Å². The van der Waals surface area contributed by atoms with Crippen LogP contribution in [0.15, 0.2) is 24.5 Å². The largest absolute Gasteiger partial charge is 0.461 e. The molecule has 1 rings (SSSR count). The van der Waals surface area contributed by atoms with Crippen molar-refractivity contribution in [1.29, 1.82) is 0 Å². The number of hydrogen-bond donors (Lipinski definition) is 0. The number of hydrogen-bond acceptors (Lipinski definition) is 4. The Balaban J connectivity index is 1.77. The van der Waals surface area contributed by atoms with Gasteiger partial charge in [0, 0.05) is 24.4 Å². The van der Waals surface area contributed by atoms with Crippen LogP contribution in [0.1, 0.15) is 96.0 Å². The third kappa shape index (κ3) is 15.7. The fourth-order valence-electron chi connectivity index (χ4n) is 3.11. The quantitative estimate of drug-likeness (QED) is 0.200. The number of rotatable bonds is 18. The molecule has 4 heteroatoms. The third-order valence-electron chi connectivity index (χ3n) is 4.75. The average molecular weight is 394 g/mol. The van der Waals surface area contributed by atoms with Gasteiger partial charge in [0.2, 0.25) is 0 Å². The van der Waals surface area contributed by atoms with Gasteiger partial charge in [0.05, 0.1) is 0 Å². The van der Waals surface area contributed by atoms with Crippen molar-refractivity contribution in [3.63, 3.8) is 0 Å². The molecular weight excluding hydrogens is 354 g/mol. The van der Waals surface area contributed by atoms with Crippen molar-refractivity contribution in [2.24, 2.45) is 0 Å². The molecule has 0 atom stereocenters. The molecule has 0 unspecified atom stereocenters. The minimum absolute atomic E-state index is 0.0906.